The van der Waals surface area contributed by atoms with Crippen LogP contribution in [0.25, 0.3) is 0 Å². The Morgan fingerprint density at radius 2 is 1.95 bits per heavy atom. The number of hydrogen-bond acceptors (Lipinski definition) is 4. The molecule has 0 radical (unpaired) electrons. The van der Waals surface area contributed by atoms with Crippen LogP contribution in [0, 0.1) is 5.92 Å². The number of carbonyl (C=O) groups is 3. The van der Waals surface area contributed by atoms with Gasteiger partial charge in [0.2, 0.25) is 11.8 Å². The lowest BCUT2D eigenvalue weighted by Gasteiger charge is -2.14. The standard InChI is InChI=1S/C15H17NO4/c1-9-7-14(19)16(15(9)20)12-5-3-11(4-6-12)8-13(18)10(2)17/h3-6,9-10,17H,7-8H2,1-2H3. The molecular weight excluding hydrogens is 258 g/mol. The molecule has 2 atom stereocenters. The molecule has 2 rings (SSSR count). The molecule has 1 aromatic rings. The molecule has 1 fully saturated rings. The Balaban J connectivity index is 2.14. The first-order valence-corrected chi connectivity index (χ1v) is 6.56. The van der Waals surface area contributed by atoms with Gasteiger partial charge in [0.25, 0.3) is 0 Å². The first-order valence-electron chi connectivity index (χ1n) is 6.56. The van der Waals surface area contributed by atoms with Crippen molar-refractivity contribution in [3.05, 3.63) is 29.8 Å². The SMILES string of the molecule is CC(O)C(=O)Cc1ccc(N2C(=O)CC(C)C2=O)cc1. The van der Waals surface area contributed by atoms with E-state index in [9.17, 15) is 14.4 Å². The lowest BCUT2D eigenvalue weighted by atomic mass is 10.1. The van der Waals surface area contributed by atoms with Crippen molar-refractivity contribution in [1.82, 2.24) is 0 Å². The Bertz CT molecular complexity index is 547. The second-order valence-electron chi connectivity index (χ2n) is 5.16. The van der Waals surface area contributed by atoms with Crippen LogP contribution in [0.15, 0.2) is 24.3 Å². The van der Waals surface area contributed by atoms with Gasteiger partial charge >= 0.3 is 0 Å². The summed E-state index contributed by atoms with van der Waals surface area (Å²) in [6.45, 7) is 3.16. The largest absolute Gasteiger partial charge is 0.386 e. The number of ketones is 1. The minimum Gasteiger partial charge on any atom is -0.386 e. The van der Waals surface area contributed by atoms with Gasteiger partial charge in [-0.3, -0.25) is 19.3 Å². The number of Topliss-reactive ketones (excluding diaryl/α,β-unsaturated/α-hetero) is 1. The minimum atomic E-state index is -0.989. The highest BCUT2D eigenvalue weighted by Gasteiger charge is 2.36. The molecule has 1 saturated heterocycles. The van der Waals surface area contributed by atoms with Crippen molar-refractivity contribution in [2.75, 3.05) is 4.90 Å². The van der Waals surface area contributed by atoms with E-state index in [2.05, 4.69) is 0 Å². The molecule has 5 nitrogen and oxygen atoms in total. The van der Waals surface area contributed by atoms with Crippen molar-refractivity contribution in [3.8, 4) is 0 Å². The van der Waals surface area contributed by atoms with Gasteiger partial charge in [-0.2, -0.15) is 0 Å². The number of amides is 2. The zero-order valence-electron chi connectivity index (χ0n) is 11.5. The molecule has 1 aliphatic rings. The monoisotopic (exact) mass is 275 g/mol. The van der Waals surface area contributed by atoms with E-state index in [-0.39, 0.29) is 36.4 Å². The molecule has 1 heterocycles. The molecule has 0 spiro atoms. The number of carbonyl (C=O) groups excluding carboxylic acids is 3. The van der Waals surface area contributed by atoms with Crippen LogP contribution in [0.5, 0.6) is 0 Å². The first kappa shape index (κ1) is 14.4. The smallest absolute Gasteiger partial charge is 0.237 e. The van der Waals surface area contributed by atoms with Gasteiger partial charge in [-0.1, -0.05) is 19.1 Å². The van der Waals surface area contributed by atoms with Crippen molar-refractivity contribution in [2.45, 2.75) is 32.8 Å². The minimum absolute atomic E-state index is 0.135. The number of nitrogens with zero attached hydrogens (tertiary/aromatic N) is 1. The quantitative estimate of drug-likeness (QED) is 0.834. The molecule has 106 valence electrons. The van der Waals surface area contributed by atoms with E-state index in [0.717, 1.165) is 5.56 Å². The van der Waals surface area contributed by atoms with E-state index < -0.39 is 6.10 Å². The third-order valence-corrected chi connectivity index (χ3v) is 3.41. The maximum absolute atomic E-state index is 11.9. The molecule has 5 heteroatoms. The van der Waals surface area contributed by atoms with Crippen LogP contribution in [0.1, 0.15) is 25.8 Å². The summed E-state index contributed by atoms with van der Waals surface area (Å²) in [5.41, 5.74) is 1.27. The number of imide groups is 1. The topological polar surface area (TPSA) is 74.7 Å². The summed E-state index contributed by atoms with van der Waals surface area (Å²) < 4.78 is 0. The van der Waals surface area contributed by atoms with Crippen LogP contribution in [0.3, 0.4) is 0 Å². The molecule has 1 aliphatic heterocycles. The molecule has 2 amide bonds. The molecule has 2 unspecified atom stereocenters. The molecule has 0 bridgehead atoms. The number of aliphatic hydroxyl groups is 1. The zero-order valence-corrected chi connectivity index (χ0v) is 11.5. The van der Waals surface area contributed by atoms with Crippen LogP contribution in [0.4, 0.5) is 5.69 Å². The summed E-state index contributed by atoms with van der Waals surface area (Å²) in [5.74, 6) is -0.934. The van der Waals surface area contributed by atoms with Crippen LogP contribution >= 0.6 is 0 Å². The summed E-state index contributed by atoms with van der Waals surface area (Å²) in [6.07, 6.45) is -0.616. The van der Waals surface area contributed by atoms with E-state index in [1.807, 2.05) is 0 Å². The number of aliphatic hydroxyl groups excluding tert-OH is 1. The Labute approximate surface area is 117 Å². The lowest BCUT2D eigenvalue weighted by Crippen LogP contribution is -2.29. The van der Waals surface area contributed by atoms with Gasteiger partial charge in [0.1, 0.15) is 6.10 Å². The highest BCUT2D eigenvalue weighted by Crippen LogP contribution is 2.26. The Morgan fingerprint density at radius 3 is 2.40 bits per heavy atom. The van der Waals surface area contributed by atoms with Gasteiger partial charge in [0.05, 0.1) is 5.69 Å². The average Bonchev–Trinajstić information content (AvgIpc) is 2.64. The van der Waals surface area contributed by atoms with E-state index in [0.29, 0.717) is 5.69 Å². The fraction of sp³-hybridized carbons (Fsp3) is 0.400. The van der Waals surface area contributed by atoms with Crippen molar-refractivity contribution in [3.63, 3.8) is 0 Å². The van der Waals surface area contributed by atoms with E-state index in [1.54, 1.807) is 31.2 Å². The normalized spacial score (nSPS) is 20.4. The number of hydrogen-bond donors (Lipinski definition) is 1. The third kappa shape index (κ3) is 2.77. The molecule has 20 heavy (non-hydrogen) atoms. The highest BCUT2D eigenvalue weighted by atomic mass is 16.3. The van der Waals surface area contributed by atoms with Gasteiger partial charge in [-0.25, -0.2) is 0 Å². The maximum Gasteiger partial charge on any atom is 0.237 e. The highest BCUT2D eigenvalue weighted by molar-refractivity contribution is 6.20. The fourth-order valence-corrected chi connectivity index (χ4v) is 2.17. The van der Waals surface area contributed by atoms with E-state index >= 15 is 0 Å². The Morgan fingerprint density at radius 1 is 1.35 bits per heavy atom. The lowest BCUT2D eigenvalue weighted by molar-refractivity contribution is -0.125. The number of benzene rings is 1. The van der Waals surface area contributed by atoms with E-state index in [4.69, 9.17) is 5.11 Å². The first-order chi connectivity index (χ1) is 9.40. The summed E-state index contributed by atoms with van der Waals surface area (Å²) >= 11 is 0. The molecule has 0 aromatic heterocycles. The fourth-order valence-electron chi connectivity index (χ4n) is 2.17. The maximum atomic E-state index is 11.9. The van der Waals surface area contributed by atoms with E-state index in [1.165, 1.54) is 11.8 Å². The van der Waals surface area contributed by atoms with Crippen LogP contribution < -0.4 is 4.90 Å². The van der Waals surface area contributed by atoms with Crippen LogP contribution in [0.2, 0.25) is 0 Å². The summed E-state index contributed by atoms with van der Waals surface area (Å²) in [7, 11) is 0. The van der Waals surface area contributed by atoms with Crippen molar-refractivity contribution in [2.24, 2.45) is 5.92 Å². The van der Waals surface area contributed by atoms with Gasteiger partial charge < -0.3 is 5.11 Å². The van der Waals surface area contributed by atoms with Gasteiger partial charge in [-0.05, 0) is 24.6 Å². The molecule has 1 N–H and O–H groups in total. The average molecular weight is 275 g/mol. The summed E-state index contributed by atoms with van der Waals surface area (Å²) in [5, 5.41) is 9.16. The summed E-state index contributed by atoms with van der Waals surface area (Å²) in [4.78, 5) is 36.3. The Kier molecular flexibility index (Phi) is 3.99. The van der Waals surface area contributed by atoms with Crippen LogP contribution in [-0.4, -0.2) is 28.8 Å². The van der Waals surface area contributed by atoms with Gasteiger partial charge in [0.15, 0.2) is 5.78 Å². The number of anilines is 1. The second kappa shape index (κ2) is 5.54. The van der Waals surface area contributed by atoms with Crippen molar-refractivity contribution < 1.29 is 19.5 Å². The molecule has 1 aromatic carbocycles. The Hall–Kier alpha value is -2.01. The van der Waals surface area contributed by atoms with Gasteiger partial charge in [-0.15, -0.1) is 0 Å². The molecule has 0 aliphatic carbocycles. The molecule has 0 saturated carbocycles. The van der Waals surface area contributed by atoms with Crippen molar-refractivity contribution in [1.29, 1.82) is 0 Å². The predicted molar refractivity (Wildman–Crippen MR) is 73.1 cm³/mol. The van der Waals surface area contributed by atoms with Crippen molar-refractivity contribution >= 4 is 23.3 Å². The molecular formula is C15H17NO4. The number of rotatable bonds is 4. The predicted octanol–water partition coefficient (Wildman–Crippen LogP) is 1.08. The second-order valence-corrected chi connectivity index (χ2v) is 5.16. The zero-order chi connectivity index (χ0) is 14.9. The third-order valence-electron chi connectivity index (χ3n) is 3.41. The van der Waals surface area contributed by atoms with Gasteiger partial charge in [0, 0.05) is 18.8 Å². The van der Waals surface area contributed by atoms with Crippen LogP contribution in [-0.2, 0) is 20.8 Å². The summed E-state index contributed by atoms with van der Waals surface area (Å²) in [6, 6.07) is 6.69.